The van der Waals surface area contributed by atoms with Gasteiger partial charge in [0.25, 0.3) is 11.5 Å². The van der Waals surface area contributed by atoms with E-state index in [-0.39, 0.29) is 29.8 Å². The smallest absolute Gasteiger partial charge is 0.359 e. The summed E-state index contributed by atoms with van der Waals surface area (Å²) in [6, 6.07) is 6.90. The summed E-state index contributed by atoms with van der Waals surface area (Å²) in [6.07, 6.45) is 4.34. The van der Waals surface area contributed by atoms with Gasteiger partial charge in [-0.1, -0.05) is 38.0 Å². The van der Waals surface area contributed by atoms with Crippen molar-refractivity contribution in [2.75, 3.05) is 6.61 Å². The van der Waals surface area contributed by atoms with Crippen molar-refractivity contribution in [2.45, 2.75) is 52.1 Å². The molecule has 1 saturated carbocycles. The van der Waals surface area contributed by atoms with E-state index in [0.29, 0.717) is 23.2 Å². The molecule has 1 aromatic carbocycles. The summed E-state index contributed by atoms with van der Waals surface area (Å²) < 4.78 is 6.41. The number of hydrogen-bond acceptors (Lipinski definition) is 5. The number of aromatic nitrogens is 2. The Kier molecular flexibility index (Phi) is 5.88. The number of ether oxygens (including phenoxy) is 1. The number of nitrogens with zero attached hydrogens (tertiary/aromatic N) is 2. The normalized spacial score (nSPS) is 19.6. The van der Waals surface area contributed by atoms with Crippen molar-refractivity contribution in [3.63, 3.8) is 0 Å². The molecule has 0 bridgehead atoms. The van der Waals surface area contributed by atoms with E-state index in [1.54, 1.807) is 31.2 Å². The summed E-state index contributed by atoms with van der Waals surface area (Å²) in [5.41, 5.74) is -0.209. The van der Waals surface area contributed by atoms with Gasteiger partial charge in [-0.05, 0) is 31.7 Å². The van der Waals surface area contributed by atoms with Gasteiger partial charge in [0.2, 0.25) is 0 Å². The zero-order chi connectivity index (χ0) is 19.4. The molecule has 0 aliphatic heterocycles. The minimum Gasteiger partial charge on any atom is -0.451 e. The molecule has 0 saturated heterocycles. The molecule has 1 amide bonds. The molecule has 27 heavy (non-hydrogen) atoms. The highest BCUT2D eigenvalue weighted by atomic mass is 16.5. The number of rotatable bonds is 5. The van der Waals surface area contributed by atoms with E-state index in [1.807, 2.05) is 0 Å². The molecule has 1 fully saturated rings. The van der Waals surface area contributed by atoms with Gasteiger partial charge in [-0.3, -0.25) is 9.59 Å². The number of hydrogen-bond donors (Lipinski definition) is 1. The number of aryl methyl sites for hydroxylation is 1. The molecule has 0 unspecified atom stereocenters. The first kappa shape index (κ1) is 19.1. The van der Waals surface area contributed by atoms with Gasteiger partial charge in [0, 0.05) is 18.0 Å². The number of carbonyl (C=O) groups is 2. The third-order valence-electron chi connectivity index (χ3n) is 5.15. The molecule has 1 heterocycles. The van der Waals surface area contributed by atoms with Gasteiger partial charge in [0.1, 0.15) is 0 Å². The summed E-state index contributed by atoms with van der Waals surface area (Å²) in [4.78, 5) is 37.0. The average molecular weight is 371 g/mol. The highest BCUT2D eigenvalue weighted by Crippen LogP contribution is 2.23. The molecule has 1 aliphatic rings. The number of carbonyl (C=O) groups excluding carboxylic acids is 2. The van der Waals surface area contributed by atoms with Gasteiger partial charge in [0.05, 0.1) is 5.39 Å². The molecular formula is C20H25N3O4. The van der Waals surface area contributed by atoms with E-state index in [2.05, 4.69) is 17.3 Å². The lowest BCUT2D eigenvalue weighted by molar-refractivity contribution is -0.125. The number of amides is 1. The van der Waals surface area contributed by atoms with E-state index < -0.39 is 5.97 Å². The predicted octanol–water partition coefficient (Wildman–Crippen LogP) is 2.27. The molecule has 0 spiro atoms. The first-order chi connectivity index (χ1) is 13.0. The van der Waals surface area contributed by atoms with Crippen LogP contribution >= 0.6 is 0 Å². The lowest BCUT2D eigenvalue weighted by Gasteiger charge is -2.29. The zero-order valence-electron chi connectivity index (χ0n) is 15.7. The minimum atomic E-state index is -0.708. The van der Waals surface area contributed by atoms with Gasteiger partial charge in [-0.15, -0.1) is 0 Å². The number of esters is 1. The Morgan fingerprint density at radius 2 is 1.93 bits per heavy atom. The summed E-state index contributed by atoms with van der Waals surface area (Å²) in [5.74, 6) is -0.590. The van der Waals surface area contributed by atoms with Crippen LogP contribution in [0.4, 0.5) is 0 Å². The van der Waals surface area contributed by atoms with E-state index in [1.165, 1.54) is 11.1 Å². The van der Waals surface area contributed by atoms with Crippen molar-refractivity contribution in [1.29, 1.82) is 0 Å². The highest BCUT2D eigenvalue weighted by Gasteiger charge is 2.24. The van der Waals surface area contributed by atoms with Crippen molar-refractivity contribution in [3.8, 4) is 0 Å². The summed E-state index contributed by atoms with van der Waals surface area (Å²) in [5, 5.41) is 7.91. The molecule has 1 aromatic heterocycles. The van der Waals surface area contributed by atoms with E-state index in [9.17, 15) is 14.4 Å². The Labute approximate surface area is 157 Å². The summed E-state index contributed by atoms with van der Waals surface area (Å²) in [7, 11) is 0. The highest BCUT2D eigenvalue weighted by molar-refractivity contribution is 6.02. The van der Waals surface area contributed by atoms with E-state index in [4.69, 9.17) is 4.74 Å². The Morgan fingerprint density at radius 1 is 1.22 bits per heavy atom. The molecule has 7 nitrogen and oxygen atoms in total. The van der Waals surface area contributed by atoms with Gasteiger partial charge in [-0.2, -0.15) is 5.10 Å². The average Bonchev–Trinajstić information content (AvgIpc) is 2.68. The molecule has 0 radical (unpaired) electrons. The van der Waals surface area contributed by atoms with Gasteiger partial charge in [-0.25, -0.2) is 9.48 Å². The Hall–Kier alpha value is -2.70. The predicted molar refractivity (Wildman–Crippen MR) is 102 cm³/mol. The SMILES string of the molecule is CCn1nc(C(=O)OCC(=O)N[C@@H]2CCCC[C@@H]2C)c2ccccc2c1=O. The zero-order valence-corrected chi connectivity index (χ0v) is 15.7. The second kappa shape index (κ2) is 8.33. The van der Waals surface area contributed by atoms with Crippen molar-refractivity contribution >= 4 is 22.6 Å². The molecule has 3 rings (SSSR count). The third-order valence-corrected chi connectivity index (χ3v) is 5.15. The maximum Gasteiger partial charge on any atom is 0.359 e. The van der Waals surface area contributed by atoms with Crippen LogP contribution in [0.2, 0.25) is 0 Å². The molecule has 2 atom stereocenters. The molecular weight excluding hydrogens is 346 g/mol. The van der Waals surface area contributed by atoms with Crippen molar-refractivity contribution < 1.29 is 14.3 Å². The monoisotopic (exact) mass is 371 g/mol. The van der Waals surface area contributed by atoms with Crippen LogP contribution in [0.3, 0.4) is 0 Å². The van der Waals surface area contributed by atoms with Gasteiger partial charge >= 0.3 is 5.97 Å². The van der Waals surface area contributed by atoms with Crippen LogP contribution in [-0.2, 0) is 16.1 Å². The minimum absolute atomic E-state index is 0.0471. The molecule has 144 valence electrons. The number of fused-ring (bicyclic) bond motifs is 1. The van der Waals surface area contributed by atoms with Crippen LogP contribution in [0, 0.1) is 5.92 Å². The molecule has 1 aliphatic carbocycles. The summed E-state index contributed by atoms with van der Waals surface area (Å²) in [6.45, 7) is 3.88. The Balaban J connectivity index is 1.72. The lowest BCUT2D eigenvalue weighted by Crippen LogP contribution is -2.43. The van der Waals surface area contributed by atoms with Crippen LogP contribution in [-0.4, -0.2) is 34.3 Å². The number of nitrogens with one attached hydrogen (secondary N) is 1. The van der Waals surface area contributed by atoms with Crippen LogP contribution in [0.15, 0.2) is 29.1 Å². The Bertz CT molecular complexity index is 906. The fraction of sp³-hybridized carbons (Fsp3) is 0.500. The maximum atomic E-state index is 12.5. The van der Waals surface area contributed by atoms with Crippen LogP contribution in [0.25, 0.3) is 10.8 Å². The first-order valence-corrected chi connectivity index (χ1v) is 9.47. The van der Waals surface area contributed by atoms with Crippen molar-refractivity contribution in [1.82, 2.24) is 15.1 Å². The van der Waals surface area contributed by atoms with Crippen LogP contribution in [0.1, 0.15) is 50.0 Å². The second-order valence-electron chi connectivity index (χ2n) is 7.03. The van der Waals surface area contributed by atoms with E-state index in [0.717, 1.165) is 19.3 Å². The third kappa shape index (κ3) is 4.18. The Morgan fingerprint density at radius 3 is 2.63 bits per heavy atom. The fourth-order valence-corrected chi connectivity index (χ4v) is 3.58. The quantitative estimate of drug-likeness (QED) is 0.814. The largest absolute Gasteiger partial charge is 0.451 e. The second-order valence-corrected chi connectivity index (χ2v) is 7.03. The van der Waals surface area contributed by atoms with Crippen molar-refractivity contribution in [2.24, 2.45) is 5.92 Å². The molecule has 1 N–H and O–H groups in total. The van der Waals surface area contributed by atoms with E-state index >= 15 is 0 Å². The molecule has 2 aromatic rings. The summed E-state index contributed by atoms with van der Waals surface area (Å²) >= 11 is 0. The standard InChI is InChI=1S/C20H25N3O4/c1-3-23-19(25)15-10-6-5-9-14(15)18(22-23)20(26)27-12-17(24)21-16-11-7-4-8-13(16)2/h5-6,9-10,13,16H,3-4,7-8,11-12H2,1-2H3,(H,21,24)/t13-,16+/m0/s1. The topological polar surface area (TPSA) is 90.3 Å². The van der Waals surface area contributed by atoms with Gasteiger partial charge < -0.3 is 10.1 Å². The molecule has 7 heteroatoms. The van der Waals surface area contributed by atoms with Crippen molar-refractivity contribution in [3.05, 3.63) is 40.3 Å². The van der Waals surface area contributed by atoms with Crippen LogP contribution < -0.4 is 10.9 Å². The maximum absolute atomic E-state index is 12.5. The van der Waals surface area contributed by atoms with Gasteiger partial charge in [0.15, 0.2) is 12.3 Å². The number of benzene rings is 1. The fourth-order valence-electron chi connectivity index (χ4n) is 3.58. The lowest BCUT2D eigenvalue weighted by atomic mass is 9.86. The van der Waals surface area contributed by atoms with Crippen LogP contribution in [0.5, 0.6) is 0 Å². The first-order valence-electron chi connectivity index (χ1n) is 9.47.